The van der Waals surface area contributed by atoms with Crippen molar-refractivity contribution in [3.8, 4) is 11.3 Å². The minimum absolute atomic E-state index is 0.163. The number of halogens is 3. The molecule has 1 fully saturated rings. The van der Waals surface area contributed by atoms with Gasteiger partial charge in [0.15, 0.2) is 0 Å². The third-order valence-electron chi connectivity index (χ3n) is 6.17. The van der Waals surface area contributed by atoms with E-state index in [4.69, 9.17) is 34.8 Å². The van der Waals surface area contributed by atoms with Crippen LogP contribution in [0.3, 0.4) is 0 Å². The number of sulfonamides is 1. The molecule has 7 nitrogen and oxygen atoms in total. The van der Waals surface area contributed by atoms with Crippen LogP contribution in [0.25, 0.3) is 11.3 Å². The highest BCUT2D eigenvalue weighted by Gasteiger charge is 2.34. The molecule has 1 saturated carbocycles. The molecule has 3 aromatic rings. The predicted molar refractivity (Wildman–Crippen MR) is 141 cm³/mol. The second-order valence-electron chi connectivity index (χ2n) is 8.75. The molecule has 11 heteroatoms. The van der Waals surface area contributed by atoms with Crippen LogP contribution in [0.1, 0.15) is 41.7 Å². The summed E-state index contributed by atoms with van der Waals surface area (Å²) in [5.41, 5.74) is 3.11. The van der Waals surface area contributed by atoms with E-state index in [2.05, 4.69) is 14.9 Å². The molecule has 1 aliphatic carbocycles. The molecule has 2 N–H and O–H groups in total. The molecule has 0 unspecified atom stereocenters. The monoisotopic (exact) mass is 554 g/mol. The Bertz CT molecular complexity index is 1330. The Kier molecular flexibility index (Phi) is 7.78. The van der Waals surface area contributed by atoms with E-state index in [0.29, 0.717) is 63.4 Å². The molecule has 0 saturated heterocycles. The van der Waals surface area contributed by atoms with E-state index in [0.717, 1.165) is 11.8 Å². The first-order chi connectivity index (χ1) is 16.5. The molecule has 1 amide bonds. The summed E-state index contributed by atoms with van der Waals surface area (Å²) in [5.74, 6) is -0.265. The lowest BCUT2D eigenvalue weighted by molar-refractivity contribution is 0.0963. The second kappa shape index (κ2) is 10.5. The van der Waals surface area contributed by atoms with Crippen LogP contribution in [0.2, 0.25) is 15.1 Å². The number of hydrogen-bond acceptors (Lipinski definition) is 4. The van der Waals surface area contributed by atoms with Crippen molar-refractivity contribution in [2.75, 3.05) is 11.2 Å². The summed E-state index contributed by atoms with van der Waals surface area (Å²) in [4.78, 5) is 15.6. The third-order valence-corrected chi connectivity index (χ3v) is 7.72. The zero-order chi connectivity index (χ0) is 25.3. The van der Waals surface area contributed by atoms with Crippen LogP contribution in [0.4, 0.5) is 5.69 Å². The van der Waals surface area contributed by atoms with Gasteiger partial charge in [-0.25, -0.2) is 13.1 Å². The Labute approximate surface area is 219 Å². The minimum Gasteiger partial charge on any atom is -0.302 e. The highest BCUT2D eigenvalue weighted by molar-refractivity contribution is 7.88. The van der Waals surface area contributed by atoms with E-state index in [1.807, 2.05) is 19.1 Å². The molecule has 0 spiro atoms. The molecule has 1 aliphatic rings. The van der Waals surface area contributed by atoms with Crippen molar-refractivity contribution in [2.24, 2.45) is 0 Å². The molecule has 1 aromatic heterocycles. The molecule has 1 heterocycles. The molecule has 0 atom stereocenters. The molecular formula is C24H25Cl3N4O3S. The quantitative estimate of drug-likeness (QED) is 0.399. The van der Waals surface area contributed by atoms with Gasteiger partial charge in [0.2, 0.25) is 10.0 Å². The Morgan fingerprint density at radius 1 is 1.03 bits per heavy atom. The fourth-order valence-corrected chi connectivity index (χ4v) is 5.99. The van der Waals surface area contributed by atoms with Crippen LogP contribution in [0.15, 0.2) is 42.5 Å². The van der Waals surface area contributed by atoms with E-state index in [1.165, 1.54) is 0 Å². The summed E-state index contributed by atoms with van der Waals surface area (Å²) in [6.45, 7) is 1.84. The summed E-state index contributed by atoms with van der Waals surface area (Å²) in [6, 6.07) is 11.9. The fraction of sp³-hybridized carbons (Fsp3) is 0.333. The highest BCUT2D eigenvalue weighted by atomic mass is 35.5. The van der Waals surface area contributed by atoms with Gasteiger partial charge in [0.1, 0.15) is 5.69 Å². The van der Waals surface area contributed by atoms with Crippen molar-refractivity contribution in [1.82, 2.24) is 14.9 Å². The molecule has 0 aliphatic heterocycles. The van der Waals surface area contributed by atoms with Gasteiger partial charge in [0.25, 0.3) is 5.91 Å². The van der Waals surface area contributed by atoms with Gasteiger partial charge in [-0.1, -0.05) is 46.9 Å². The standard InChI is InChI=1S/C24H25Cl3N4O3S/c1-14-22(15-3-5-16(25)6-4-15)28-29-23(14)24(32)31(21-12-7-17(26)13-20(21)27)19-10-8-18(9-11-19)30-35(2,33)34/h3-7,12-13,18-19,30H,8-11H2,1-2H3,(H,28,29). The first kappa shape index (κ1) is 26.0. The average molecular weight is 556 g/mol. The zero-order valence-electron chi connectivity index (χ0n) is 19.2. The van der Waals surface area contributed by atoms with E-state index >= 15 is 0 Å². The number of carbonyl (C=O) groups is 1. The number of hydrogen-bond donors (Lipinski definition) is 2. The van der Waals surface area contributed by atoms with E-state index in [-0.39, 0.29) is 18.0 Å². The summed E-state index contributed by atoms with van der Waals surface area (Å²) in [7, 11) is -3.30. The SMILES string of the molecule is Cc1c(-c2ccc(Cl)cc2)n[nH]c1C(=O)N(c1ccc(Cl)cc1Cl)C1CCC(NS(C)(=O)=O)CC1. The van der Waals surface area contributed by atoms with Crippen molar-refractivity contribution in [1.29, 1.82) is 0 Å². The van der Waals surface area contributed by atoms with Gasteiger partial charge in [-0.3, -0.25) is 9.89 Å². The maximum Gasteiger partial charge on any atom is 0.276 e. The Morgan fingerprint density at radius 2 is 1.66 bits per heavy atom. The van der Waals surface area contributed by atoms with E-state index < -0.39 is 10.0 Å². The van der Waals surface area contributed by atoms with Gasteiger partial charge < -0.3 is 4.90 Å². The van der Waals surface area contributed by atoms with Gasteiger partial charge in [-0.2, -0.15) is 5.10 Å². The second-order valence-corrected chi connectivity index (χ2v) is 11.8. The van der Waals surface area contributed by atoms with Gasteiger partial charge in [0, 0.05) is 33.3 Å². The molecule has 0 radical (unpaired) electrons. The largest absolute Gasteiger partial charge is 0.302 e. The number of carbonyl (C=O) groups excluding carboxylic acids is 1. The van der Waals surface area contributed by atoms with Crippen LogP contribution >= 0.6 is 34.8 Å². The Balaban J connectivity index is 1.67. The predicted octanol–water partition coefficient (Wildman–Crippen LogP) is 5.85. The van der Waals surface area contributed by atoms with Crippen molar-refractivity contribution in [3.63, 3.8) is 0 Å². The molecule has 186 valence electrons. The van der Waals surface area contributed by atoms with Gasteiger partial charge in [0.05, 0.1) is 22.7 Å². The van der Waals surface area contributed by atoms with Crippen LogP contribution in [-0.2, 0) is 10.0 Å². The third kappa shape index (κ3) is 6.01. The maximum atomic E-state index is 13.9. The lowest BCUT2D eigenvalue weighted by Gasteiger charge is -2.37. The van der Waals surface area contributed by atoms with Crippen LogP contribution in [0, 0.1) is 6.92 Å². The minimum atomic E-state index is -3.30. The first-order valence-corrected chi connectivity index (χ1v) is 14.1. The summed E-state index contributed by atoms with van der Waals surface area (Å²) in [5, 5.41) is 8.75. The maximum absolute atomic E-state index is 13.9. The number of rotatable bonds is 6. The summed E-state index contributed by atoms with van der Waals surface area (Å²) >= 11 is 18.7. The lowest BCUT2D eigenvalue weighted by atomic mass is 9.90. The van der Waals surface area contributed by atoms with Crippen molar-refractivity contribution in [2.45, 2.75) is 44.7 Å². The first-order valence-electron chi connectivity index (χ1n) is 11.1. The molecule has 0 bridgehead atoms. The van der Waals surface area contributed by atoms with Gasteiger partial charge in [-0.15, -0.1) is 0 Å². The number of nitrogens with zero attached hydrogens (tertiary/aromatic N) is 2. The molecule has 2 aromatic carbocycles. The zero-order valence-corrected chi connectivity index (χ0v) is 22.3. The fourth-order valence-electron chi connectivity index (χ4n) is 4.52. The van der Waals surface area contributed by atoms with Crippen molar-refractivity contribution in [3.05, 3.63) is 68.8 Å². The van der Waals surface area contributed by atoms with Crippen LogP contribution in [-0.4, -0.2) is 42.9 Å². The van der Waals surface area contributed by atoms with Crippen molar-refractivity contribution >= 4 is 56.4 Å². The number of benzene rings is 2. The number of aromatic nitrogens is 2. The molecule has 35 heavy (non-hydrogen) atoms. The number of aromatic amines is 1. The summed E-state index contributed by atoms with van der Waals surface area (Å²) in [6.07, 6.45) is 3.57. The lowest BCUT2D eigenvalue weighted by Crippen LogP contribution is -2.46. The van der Waals surface area contributed by atoms with Crippen LogP contribution in [0.5, 0.6) is 0 Å². The smallest absolute Gasteiger partial charge is 0.276 e. The molecular weight excluding hydrogens is 531 g/mol. The Morgan fingerprint density at radius 3 is 2.26 bits per heavy atom. The number of nitrogens with one attached hydrogen (secondary N) is 2. The van der Waals surface area contributed by atoms with E-state index in [1.54, 1.807) is 35.2 Å². The van der Waals surface area contributed by atoms with Crippen LogP contribution < -0.4 is 9.62 Å². The topological polar surface area (TPSA) is 95.2 Å². The normalized spacial score (nSPS) is 18.4. The molecule has 4 rings (SSSR count). The average Bonchev–Trinajstić information content (AvgIpc) is 3.17. The van der Waals surface area contributed by atoms with Gasteiger partial charge >= 0.3 is 0 Å². The summed E-state index contributed by atoms with van der Waals surface area (Å²) < 4.78 is 26.0. The number of H-pyrrole nitrogens is 1. The van der Waals surface area contributed by atoms with E-state index in [9.17, 15) is 13.2 Å². The van der Waals surface area contributed by atoms with Gasteiger partial charge in [-0.05, 0) is 62.9 Å². The van der Waals surface area contributed by atoms with Crippen molar-refractivity contribution < 1.29 is 13.2 Å². The highest BCUT2D eigenvalue weighted by Crippen LogP contribution is 2.36. The number of anilines is 1. The number of amides is 1. The Hall–Kier alpha value is -2.10.